The molecule has 0 aliphatic carbocycles. The quantitative estimate of drug-likeness (QED) is 0.591. The number of aromatic nitrogens is 4. The lowest BCUT2D eigenvalue weighted by Crippen LogP contribution is -2.38. The van der Waals surface area contributed by atoms with E-state index in [0.717, 1.165) is 0 Å². The molecule has 0 atom stereocenters. The molecule has 32 heavy (non-hydrogen) atoms. The largest absolute Gasteiger partial charge is 0.453 e. The third kappa shape index (κ3) is 4.70. The number of fused-ring (bicyclic) bond motifs is 1. The Bertz CT molecular complexity index is 1090. The van der Waals surface area contributed by atoms with Crippen molar-refractivity contribution in [2.45, 2.75) is 25.6 Å². The van der Waals surface area contributed by atoms with Crippen molar-refractivity contribution in [2.75, 3.05) is 23.3 Å². The first-order valence-corrected chi connectivity index (χ1v) is 9.61. The Labute approximate surface area is 178 Å². The Balaban J connectivity index is 1.37. The van der Waals surface area contributed by atoms with Crippen molar-refractivity contribution in [1.29, 1.82) is 0 Å². The van der Waals surface area contributed by atoms with Crippen molar-refractivity contribution >= 4 is 23.1 Å². The predicted molar refractivity (Wildman–Crippen MR) is 102 cm³/mol. The monoisotopic (exact) mass is 456 g/mol. The highest BCUT2D eigenvalue weighted by Gasteiger charge is 2.38. The molecule has 170 valence electrons. The average Bonchev–Trinajstić information content (AvgIpc) is 3.19. The van der Waals surface area contributed by atoms with Crippen LogP contribution in [0.2, 0.25) is 0 Å². The van der Waals surface area contributed by atoms with Gasteiger partial charge in [-0.05, 0) is 49.2 Å². The van der Waals surface area contributed by atoms with E-state index in [1.807, 2.05) is 0 Å². The number of hydrogen-bond acceptors (Lipinski definition) is 6. The van der Waals surface area contributed by atoms with Gasteiger partial charge in [-0.1, -0.05) is 0 Å². The topological polar surface area (TPSA) is 84.6 Å². The zero-order chi connectivity index (χ0) is 22.9. The lowest BCUT2D eigenvalue weighted by Gasteiger charge is -2.32. The smallest absolute Gasteiger partial charge is 0.435 e. The first-order valence-electron chi connectivity index (χ1n) is 9.61. The van der Waals surface area contributed by atoms with Crippen LogP contribution >= 0.6 is 0 Å². The molecule has 1 aliphatic rings. The molecule has 0 radical (unpaired) electrons. The number of rotatable bonds is 5. The first kappa shape index (κ1) is 21.7. The van der Waals surface area contributed by atoms with E-state index in [9.17, 15) is 26.7 Å². The number of ether oxygens (including phenoxy) is 1. The van der Waals surface area contributed by atoms with Crippen LogP contribution in [0, 0.1) is 5.92 Å². The molecular formula is C19H17F5N6O2. The number of carbonyl (C=O) groups excluding carboxylic acids is 1. The van der Waals surface area contributed by atoms with Crippen molar-refractivity contribution in [3.05, 3.63) is 42.2 Å². The standard InChI is InChI=1S/C19H17F5N6O2/c20-18(21)32-13-3-1-12(2-4-13)25-16(31)11-7-9-29(10-8-11)15-6-5-14-26-27-17(19(22,23)24)30(14)28-15/h1-6,11,18H,7-10H2,(H,25,31). The van der Waals surface area contributed by atoms with E-state index in [1.54, 1.807) is 11.0 Å². The van der Waals surface area contributed by atoms with Crippen LogP contribution < -0.4 is 15.0 Å². The number of nitrogens with one attached hydrogen (secondary N) is 1. The van der Waals surface area contributed by atoms with Crippen LogP contribution in [0.25, 0.3) is 5.65 Å². The van der Waals surface area contributed by atoms with Crippen LogP contribution in [0.1, 0.15) is 18.7 Å². The molecule has 0 bridgehead atoms. The molecule has 0 spiro atoms. The molecule has 0 unspecified atom stereocenters. The molecular weight excluding hydrogens is 439 g/mol. The van der Waals surface area contributed by atoms with Gasteiger partial charge >= 0.3 is 12.8 Å². The number of nitrogens with zero attached hydrogens (tertiary/aromatic N) is 5. The van der Waals surface area contributed by atoms with Crippen molar-refractivity contribution < 1.29 is 31.5 Å². The predicted octanol–water partition coefficient (Wildman–Crippen LogP) is 3.60. The molecule has 0 saturated carbocycles. The molecule has 1 saturated heterocycles. The molecule has 1 N–H and O–H groups in total. The van der Waals surface area contributed by atoms with E-state index < -0.39 is 18.6 Å². The minimum Gasteiger partial charge on any atom is -0.435 e. The van der Waals surface area contributed by atoms with E-state index in [-0.39, 0.29) is 23.2 Å². The fraction of sp³-hybridized carbons (Fsp3) is 0.368. The maximum absolute atomic E-state index is 13.1. The molecule has 13 heteroatoms. The summed E-state index contributed by atoms with van der Waals surface area (Å²) >= 11 is 0. The van der Waals surface area contributed by atoms with Gasteiger partial charge in [-0.15, -0.1) is 15.3 Å². The summed E-state index contributed by atoms with van der Waals surface area (Å²) in [7, 11) is 0. The zero-order valence-corrected chi connectivity index (χ0v) is 16.4. The Morgan fingerprint density at radius 3 is 2.38 bits per heavy atom. The maximum atomic E-state index is 13.1. The fourth-order valence-electron chi connectivity index (χ4n) is 3.46. The van der Waals surface area contributed by atoms with Crippen molar-refractivity contribution in [3.8, 4) is 5.75 Å². The highest BCUT2D eigenvalue weighted by atomic mass is 19.4. The second-order valence-corrected chi connectivity index (χ2v) is 7.14. The van der Waals surface area contributed by atoms with E-state index in [4.69, 9.17) is 0 Å². The molecule has 3 aromatic rings. The summed E-state index contributed by atoms with van der Waals surface area (Å²) in [5.74, 6) is -1.43. The molecule has 4 rings (SSSR count). The fourth-order valence-corrected chi connectivity index (χ4v) is 3.46. The summed E-state index contributed by atoms with van der Waals surface area (Å²) in [6.45, 7) is -2.09. The van der Waals surface area contributed by atoms with Gasteiger partial charge in [-0.2, -0.15) is 26.5 Å². The van der Waals surface area contributed by atoms with E-state index in [2.05, 4.69) is 25.3 Å². The van der Waals surface area contributed by atoms with Gasteiger partial charge in [0.15, 0.2) is 5.65 Å². The molecule has 8 nitrogen and oxygen atoms in total. The SMILES string of the molecule is O=C(Nc1ccc(OC(F)F)cc1)C1CCN(c2ccc3nnc(C(F)(F)F)n3n2)CC1. The van der Waals surface area contributed by atoms with Gasteiger partial charge in [-0.3, -0.25) is 4.79 Å². The lowest BCUT2D eigenvalue weighted by atomic mass is 9.96. The maximum Gasteiger partial charge on any atom is 0.453 e. The van der Waals surface area contributed by atoms with Crippen LogP contribution in [0.4, 0.5) is 33.5 Å². The number of halogens is 5. The van der Waals surface area contributed by atoms with Gasteiger partial charge < -0.3 is 15.0 Å². The molecule has 1 amide bonds. The van der Waals surface area contributed by atoms with Gasteiger partial charge in [0.25, 0.3) is 5.82 Å². The Morgan fingerprint density at radius 1 is 1.06 bits per heavy atom. The third-order valence-corrected chi connectivity index (χ3v) is 5.04. The first-order chi connectivity index (χ1) is 15.2. The molecule has 2 aromatic heterocycles. The summed E-state index contributed by atoms with van der Waals surface area (Å²) in [5, 5.41) is 13.4. The van der Waals surface area contributed by atoms with E-state index >= 15 is 0 Å². The lowest BCUT2D eigenvalue weighted by molar-refractivity contribution is -0.146. The van der Waals surface area contributed by atoms with Gasteiger partial charge in [0.1, 0.15) is 11.6 Å². The second kappa shape index (κ2) is 8.55. The average molecular weight is 456 g/mol. The summed E-state index contributed by atoms with van der Waals surface area (Å²) in [5.41, 5.74) is 0.429. The highest BCUT2D eigenvalue weighted by Crippen LogP contribution is 2.29. The van der Waals surface area contributed by atoms with Gasteiger partial charge in [-0.25, -0.2) is 0 Å². The Hall–Kier alpha value is -3.51. The van der Waals surface area contributed by atoms with E-state index in [1.165, 1.54) is 30.3 Å². The number of hydrogen-bond donors (Lipinski definition) is 1. The number of anilines is 2. The Kier molecular flexibility index (Phi) is 5.80. The van der Waals surface area contributed by atoms with Crippen LogP contribution in [-0.2, 0) is 11.0 Å². The van der Waals surface area contributed by atoms with Crippen LogP contribution in [-0.4, -0.2) is 45.4 Å². The Morgan fingerprint density at radius 2 is 1.75 bits per heavy atom. The van der Waals surface area contributed by atoms with Gasteiger partial charge in [0.05, 0.1) is 0 Å². The minimum absolute atomic E-state index is 0.0136. The highest BCUT2D eigenvalue weighted by molar-refractivity contribution is 5.92. The van der Waals surface area contributed by atoms with Crippen molar-refractivity contribution in [2.24, 2.45) is 5.92 Å². The summed E-state index contributed by atoms with van der Waals surface area (Å²) in [6.07, 6.45) is -3.75. The normalized spacial score (nSPS) is 15.4. The second-order valence-electron chi connectivity index (χ2n) is 7.14. The number of alkyl halides is 5. The number of amides is 1. The summed E-state index contributed by atoms with van der Waals surface area (Å²) < 4.78 is 68.5. The molecule has 1 aromatic carbocycles. The number of carbonyl (C=O) groups is 1. The van der Waals surface area contributed by atoms with Crippen molar-refractivity contribution in [3.63, 3.8) is 0 Å². The molecule has 3 heterocycles. The van der Waals surface area contributed by atoms with Crippen molar-refractivity contribution in [1.82, 2.24) is 19.8 Å². The third-order valence-electron chi connectivity index (χ3n) is 5.04. The summed E-state index contributed by atoms with van der Waals surface area (Å²) in [4.78, 5) is 14.3. The van der Waals surface area contributed by atoms with Gasteiger partial charge in [0.2, 0.25) is 5.91 Å². The zero-order valence-electron chi connectivity index (χ0n) is 16.4. The molecule has 1 aliphatic heterocycles. The van der Waals surface area contributed by atoms with Crippen LogP contribution in [0.5, 0.6) is 5.75 Å². The van der Waals surface area contributed by atoms with Crippen LogP contribution in [0.3, 0.4) is 0 Å². The summed E-state index contributed by atoms with van der Waals surface area (Å²) in [6, 6.07) is 8.54. The number of piperidine rings is 1. The minimum atomic E-state index is -4.68. The van der Waals surface area contributed by atoms with Crippen LogP contribution in [0.15, 0.2) is 36.4 Å². The van der Waals surface area contributed by atoms with E-state index in [0.29, 0.717) is 42.0 Å². The molecule has 1 fully saturated rings. The van der Waals surface area contributed by atoms with Gasteiger partial charge in [0, 0.05) is 24.7 Å². The number of benzene rings is 1.